The third kappa shape index (κ3) is 7.09. The summed E-state index contributed by atoms with van der Waals surface area (Å²) in [5, 5.41) is 10.4. The zero-order chi connectivity index (χ0) is 14.0. The molecule has 8 heteroatoms. The molecule has 0 bridgehead atoms. The topological polar surface area (TPSA) is 74.9 Å². The Morgan fingerprint density at radius 3 is 2.86 bits per heavy atom. The second-order valence-electron chi connectivity index (χ2n) is 4.57. The van der Waals surface area contributed by atoms with E-state index in [9.17, 15) is 0 Å². The van der Waals surface area contributed by atoms with Crippen LogP contribution in [0.1, 0.15) is 12.6 Å². The first-order valence-corrected chi connectivity index (χ1v) is 7.10. The van der Waals surface area contributed by atoms with Crippen molar-refractivity contribution in [2.75, 3.05) is 45.9 Å². The third-order valence-corrected chi connectivity index (χ3v) is 3.06. The van der Waals surface area contributed by atoms with Crippen molar-refractivity contribution in [3.8, 4) is 0 Å². The summed E-state index contributed by atoms with van der Waals surface area (Å²) < 4.78 is 10.1. The van der Waals surface area contributed by atoms with Gasteiger partial charge in [0.1, 0.15) is 12.0 Å². The van der Waals surface area contributed by atoms with Gasteiger partial charge in [0.15, 0.2) is 5.96 Å². The molecule has 21 heavy (non-hydrogen) atoms. The summed E-state index contributed by atoms with van der Waals surface area (Å²) in [5.74, 6) is 0.809. The van der Waals surface area contributed by atoms with Crippen LogP contribution in [0.2, 0.25) is 0 Å². The highest BCUT2D eigenvalue weighted by molar-refractivity contribution is 14.0. The molecule has 0 unspecified atom stereocenters. The Hall–Kier alpha value is -0.870. The second-order valence-corrected chi connectivity index (χ2v) is 4.57. The van der Waals surface area contributed by atoms with Crippen molar-refractivity contribution in [3.05, 3.63) is 18.0 Å². The van der Waals surface area contributed by atoms with Crippen molar-refractivity contribution in [1.82, 2.24) is 20.7 Å². The molecule has 2 heterocycles. The van der Waals surface area contributed by atoms with Crippen LogP contribution in [0.15, 0.2) is 21.8 Å². The maximum Gasteiger partial charge on any atom is 0.191 e. The van der Waals surface area contributed by atoms with Gasteiger partial charge in [-0.15, -0.1) is 24.0 Å². The van der Waals surface area contributed by atoms with Gasteiger partial charge in [-0.25, -0.2) is 4.99 Å². The normalized spacial score (nSPS) is 16.3. The van der Waals surface area contributed by atoms with Crippen molar-refractivity contribution in [3.63, 3.8) is 0 Å². The first-order chi connectivity index (χ1) is 9.88. The van der Waals surface area contributed by atoms with Gasteiger partial charge in [-0.2, -0.15) is 0 Å². The number of ether oxygens (including phenoxy) is 1. The minimum atomic E-state index is 0. The fourth-order valence-corrected chi connectivity index (χ4v) is 1.98. The van der Waals surface area contributed by atoms with Gasteiger partial charge in [-0.05, 0) is 6.92 Å². The smallest absolute Gasteiger partial charge is 0.191 e. The van der Waals surface area contributed by atoms with Gasteiger partial charge in [-0.1, -0.05) is 5.16 Å². The van der Waals surface area contributed by atoms with Gasteiger partial charge in [0.2, 0.25) is 0 Å². The fraction of sp³-hybridized carbons (Fsp3) is 0.692. The zero-order valence-corrected chi connectivity index (χ0v) is 14.7. The number of guanidine groups is 1. The van der Waals surface area contributed by atoms with Crippen molar-refractivity contribution < 1.29 is 9.26 Å². The third-order valence-electron chi connectivity index (χ3n) is 3.06. The van der Waals surface area contributed by atoms with Crippen LogP contribution in [-0.4, -0.2) is 62.0 Å². The van der Waals surface area contributed by atoms with Crippen LogP contribution in [0, 0.1) is 0 Å². The van der Waals surface area contributed by atoms with Crippen molar-refractivity contribution >= 4 is 29.9 Å². The summed E-state index contributed by atoms with van der Waals surface area (Å²) in [6.45, 7) is 8.95. The lowest BCUT2D eigenvalue weighted by molar-refractivity contribution is 0.0389. The molecule has 0 aromatic carbocycles. The van der Waals surface area contributed by atoms with Crippen molar-refractivity contribution in [2.24, 2.45) is 4.99 Å². The molecule has 1 saturated heterocycles. The predicted octanol–water partition coefficient (Wildman–Crippen LogP) is 0.680. The van der Waals surface area contributed by atoms with Crippen LogP contribution < -0.4 is 10.6 Å². The van der Waals surface area contributed by atoms with E-state index in [0.29, 0.717) is 6.54 Å². The first kappa shape index (κ1) is 18.2. The summed E-state index contributed by atoms with van der Waals surface area (Å²) in [7, 11) is 0. The van der Waals surface area contributed by atoms with E-state index in [2.05, 4.69) is 32.6 Å². The molecule has 1 aliphatic rings. The molecule has 2 N–H and O–H groups in total. The van der Waals surface area contributed by atoms with Crippen LogP contribution in [0.3, 0.4) is 0 Å². The average Bonchev–Trinajstić information content (AvgIpc) is 2.99. The number of aromatic nitrogens is 1. The Balaban J connectivity index is 0.00000220. The Bertz CT molecular complexity index is 393. The van der Waals surface area contributed by atoms with Crippen molar-refractivity contribution in [2.45, 2.75) is 13.5 Å². The number of hydrogen-bond acceptors (Lipinski definition) is 5. The van der Waals surface area contributed by atoms with E-state index in [1.54, 1.807) is 6.26 Å². The lowest BCUT2D eigenvalue weighted by Crippen LogP contribution is -2.44. The van der Waals surface area contributed by atoms with E-state index in [0.717, 1.165) is 57.6 Å². The van der Waals surface area contributed by atoms with Crippen LogP contribution in [0.4, 0.5) is 0 Å². The molecule has 1 fully saturated rings. The van der Waals surface area contributed by atoms with Gasteiger partial charge in [0.25, 0.3) is 0 Å². The Labute approximate surface area is 142 Å². The molecule has 120 valence electrons. The minimum absolute atomic E-state index is 0. The molecule has 1 aromatic rings. The highest BCUT2D eigenvalue weighted by Gasteiger charge is 2.09. The summed E-state index contributed by atoms with van der Waals surface area (Å²) in [6, 6.07) is 1.82. The number of aliphatic imine (C=N–C) groups is 1. The number of rotatable bonds is 6. The fourth-order valence-electron chi connectivity index (χ4n) is 1.98. The second kappa shape index (κ2) is 10.8. The first-order valence-electron chi connectivity index (χ1n) is 7.10. The number of morpholine rings is 1. The average molecular weight is 409 g/mol. The van der Waals surface area contributed by atoms with E-state index in [1.165, 1.54) is 0 Å². The summed E-state index contributed by atoms with van der Waals surface area (Å²) in [6.07, 6.45) is 1.56. The number of hydrogen-bond donors (Lipinski definition) is 2. The van der Waals surface area contributed by atoms with Crippen LogP contribution >= 0.6 is 24.0 Å². The number of halogens is 1. The Kier molecular flexibility index (Phi) is 9.35. The molecule has 0 aliphatic carbocycles. The molecule has 0 atom stereocenters. The maximum atomic E-state index is 5.33. The largest absolute Gasteiger partial charge is 0.379 e. The number of nitrogens with one attached hydrogen (secondary N) is 2. The molecule has 0 saturated carbocycles. The van der Waals surface area contributed by atoms with E-state index in [4.69, 9.17) is 9.26 Å². The summed E-state index contributed by atoms with van der Waals surface area (Å²) in [4.78, 5) is 6.85. The lowest BCUT2D eigenvalue weighted by Gasteiger charge is -2.26. The van der Waals surface area contributed by atoms with Crippen molar-refractivity contribution in [1.29, 1.82) is 0 Å². The standard InChI is InChI=1S/C13H23N5O2.HI/c1-2-14-13(16-11-12-3-8-20-17-12)15-4-5-18-6-9-19-10-7-18;/h3,8H,2,4-7,9-11H2,1H3,(H2,14,15,16);1H. The van der Waals surface area contributed by atoms with Gasteiger partial charge in [0, 0.05) is 38.8 Å². The predicted molar refractivity (Wildman–Crippen MR) is 92.0 cm³/mol. The molecule has 0 radical (unpaired) electrons. The molecule has 1 aliphatic heterocycles. The maximum absolute atomic E-state index is 5.33. The van der Waals surface area contributed by atoms with Gasteiger partial charge >= 0.3 is 0 Å². The molecule has 0 spiro atoms. The van der Waals surface area contributed by atoms with Crippen LogP contribution in [0.25, 0.3) is 0 Å². The van der Waals surface area contributed by atoms with Gasteiger partial charge in [0.05, 0.1) is 19.8 Å². The Morgan fingerprint density at radius 1 is 1.38 bits per heavy atom. The highest BCUT2D eigenvalue weighted by Crippen LogP contribution is 1.97. The van der Waals surface area contributed by atoms with Gasteiger partial charge < -0.3 is 19.9 Å². The lowest BCUT2D eigenvalue weighted by atomic mass is 10.4. The molecule has 0 amide bonds. The van der Waals surface area contributed by atoms with E-state index in [1.807, 2.05) is 6.07 Å². The van der Waals surface area contributed by atoms with Gasteiger partial charge in [-0.3, -0.25) is 4.90 Å². The summed E-state index contributed by atoms with van der Waals surface area (Å²) in [5.41, 5.74) is 0.829. The zero-order valence-electron chi connectivity index (χ0n) is 12.4. The van der Waals surface area contributed by atoms with Crippen LogP contribution in [-0.2, 0) is 11.3 Å². The quantitative estimate of drug-likeness (QED) is 0.409. The van der Waals surface area contributed by atoms with Crippen LogP contribution in [0.5, 0.6) is 0 Å². The summed E-state index contributed by atoms with van der Waals surface area (Å²) >= 11 is 0. The number of nitrogens with zero attached hydrogens (tertiary/aromatic N) is 3. The molecule has 1 aromatic heterocycles. The molecular weight excluding hydrogens is 385 g/mol. The molecule has 2 rings (SSSR count). The Morgan fingerprint density at radius 2 is 2.19 bits per heavy atom. The molecular formula is C13H24IN5O2. The SMILES string of the molecule is CCNC(=NCc1ccon1)NCCN1CCOCC1.I. The van der Waals surface area contributed by atoms with E-state index >= 15 is 0 Å². The monoisotopic (exact) mass is 409 g/mol. The molecule has 7 nitrogen and oxygen atoms in total. The van der Waals surface area contributed by atoms with E-state index in [-0.39, 0.29) is 24.0 Å². The highest BCUT2D eigenvalue weighted by atomic mass is 127. The van der Waals surface area contributed by atoms with E-state index < -0.39 is 0 Å². The minimum Gasteiger partial charge on any atom is -0.379 e.